The van der Waals surface area contributed by atoms with Crippen molar-refractivity contribution in [3.05, 3.63) is 59.9 Å². The first-order valence-corrected chi connectivity index (χ1v) is 6.68. The maximum Gasteiger partial charge on any atom is 0.326 e. The maximum absolute atomic E-state index is 12.0. The third kappa shape index (κ3) is 3.82. The van der Waals surface area contributed by atoms with E-state index in [2.05, 4.69) is 10.3 Å². The summed E-state index contributed by atoms with van der Waals surface area (Å²) in [5.41, 5.74) is 0.882. The molecule has 114 valence electrons. The quantitative estimate of drug-likeness (QED) is 0.844. The average Bonchev–Trinajstić information content (AvgIpc) is 2.55. The number of aromatic nitrogens is 1. The van der Waals surface area contributed by atoms with E-state index in [-0.39, 0.29) is 12.1 Å². The number of carboxylic acids is 1. The lowest BCUT2D eigenvalue weighted by atomic mass is 10.0. The number of aliphatic carboxylic acids is 1. The standard InChI is InChI=1S/C16H16N2O4/c1-22-14-8-3-2-6-11(14)10-13(16(20)21)18-15(19)12-7-4-5-9-17-12/h2-9,13H,10H2,1H3,(H,18,19)(H,20,21)/t13-/m1/s1. The Hall–Kier alpha value is -2.89. The summed E-state index contributed by atoms with van der Waals surface area (Å²) in [6, 6.07) is 10.9. The Morgan fingerprint density at radius 2 is 1.95 bits per heavy atom. The summed E-state index contributed by atoms with van der Waals surface area (Å²) in [7, 11) is 1.51. The Kier molecular flexibility index (Phi) is 5.08. The molecule has 0 fully saturated rings. The number of rotatable bonds is 6. The van der Waals surface area contributed by atoms with Crippen LogP contribution in [0.4, 0.5) is 0 Å². The predicted molar refractivity (Wildman–Crippen MR) is 79.8 cm³/mol. The Bertz CT molecular complexity index is 658. The molecule has 1 aromatic heterocycles. The van der Waals surface area contributed by atoms with Crippen molar-refractivity contribution in [3.8, 4) is 5.75 Å². The largest absolute Gasteiger partial charge is 0.496 e. The van der Waals surface area contributed by atoms with Gasteiger partial charge in [0.05, 0.1) is 7.11 Å². The van der Waals surface area contributed by atoms with Gasteiger partial charge in [-0.25, -0.2) is 4.79 Å². The van der Waals surface area contributed by atoms with Crippen molar-refractivity contribution in [2.45, 2.75) is 12.5 Å². The lowest BCUT2D eigenvalue weighted by Crippen LogP contribution is -2.42. The van der Waals surface area contributed by atoms with Gasteiger partial charge in [-0.05, 0) is 23.8 Å². The lowest BCUT2D eigenvalue weighted by molar-refractivity contribution is -0.139. The molecule has 0 spiro atoms. The summed E-state index contributed by atoms with van der Waals surface area (Å²) < 4.78 is 5.20. The number of methoxy groups -OCH3 is 1. The first-order chi connectivity index (χ1) is 10.6. The van der Waals surface area contributed by atoms with Gasteiger partial charge in [0.15, 0.2) is 0 Å². The van der Waals surface area contributed by atoms with E-state index in [4.69, 9.17) is 4.74 Å². The van der Waals surface area contributed by atoms with Crippen LogP contribution in [-0.2, 0) is 11.2 Å². The second kappa shape index (κ2) is 7.21. The molecule has 2 N–H and O–H groups in total. The average molecular weight is 300 g/mol. The number of carbonyl (C=O) groups is 2. The Balaban J connectivity index is 2.14. The fraction of sp³-hybridized carbons (Fsp3) is 0.188. The molecule has 0 aliphatic carbocycles. The van der Waals surface area contributed by atoms with Gasteiger partial charge in [0, 0.05) is 12.6 Å². The number of amides is 1. The van der Waals surface area contributed by atoms with Crippen molar-refractivity contribution in [2.75, 3.05) is 7.11 Å². The van der Waals surface area contributed by atoms with Gasteiger partial charge in [0.1, 0.15) is 17.5 Å². The third-order valence-corrected chi connectivity index (χ3v) is 3.12. The number of hydrogen-bond acceptors (Lipinski definition) is 4. The highest BCUT2D eigenvalue weighted by Gasteiger charge is 2.22. The van der Waals surface area contributed by atoms with Gasteiger partial charge in [-0.2, -0.15) is 0 Å². The molecule has 2 aromatic rings. The molecule has 0 unspecified atom stereocenters. The van der Waals surface area contributed by atoms with Crippen LogP contribution in [0.2, 0.25) is 0 Å². The summed E-state index contributed by atoms with van der Waals surface area (Å²) >= 11 is 0. The fourth-order valence-electron chi connectivity index (χ4n) is 2.02. The minimum atomic E-state index is -1.12. The smallest absolute Gasteiger partial charge is 0.326 e. The van der Waals surface area contributed by atoms with Gasteiger partial charge in [0.25, 0.3) is 5.91 Å². The van der Waals surface area contributed by atoms with Crippen LogP contribution in [-0.4, -0.2) is 35.1 Å². The number of benzene rings is 1. The molecule has 1 heterocycles. The van der Waals surface area contributed by atoms with Crippen molar-refractivity contribution in [1.82, 2.24) is 10.3 Å². The minimum Gasteiger partial charge on any atom is -0.496 e. The fourth-order valence-corrected chi connectivity index (χ4v) is 2.02. The highest BCUT2D eigenvalue weighted by molar-refractivity contribution is 5.94. The van der Waals surface area contributed by atoms with Crippen LogP contribution in [0.3, 0.4) is 0 Å². The van der Waals surface area contributed by atoms with Gasteiger partial charge in [-0.3, -0.25) is 9.78 Å². The van der Waals surface area contributed by atoms with E-state index in [1.807, 2.05) is 0 Å². The van der Waals surface area contributed by atoms with Crippen LogP contribution in [0.25, 0.3) is 0 Å². The number of pyridine rings is 1. The second-order valence-electron chi connectivity index (χ2n) is 4.60. The Morgan fingerprint density at radius 1 is 1.23 bits per heavy atom. The van der Waals surface area contributed by atoms with Crippen LogP contribution in [0.5, 0.6) is 5.75 Å². The monoisotopic (exact) mass is 300 g/mol. The number of nitrogens with zero attached hydrogens (tertiary/aromatic N) is 1. The zero-order chi connectivity index (χ0) is 15.9. The van der Waals surface area contributed by atoms with Gasteiger partial charge in [0.2, 0.25) is 0 Å². The number of nitrogens with one attached hydrogen (secondary N) is 1. The second-order valence-corrected chi connectivity index (χ2v) is 4.60. The van der Waals surface area contributed by atoms with Crippen molar-refractivity contribution in [2.24, 2.45) is 0 Å². The van der Waals surface area contributed by atoms with Crippen LogP contribution in [0.15, 0.2) is 48.7 Å². The molecule has 2 rings (SSSR count). The molecule has 0 bridgehead atoms. The molecule has 6 heteroatoms. The molecular formula is C16H16N2O4. The molecule has 22 heavy (non-hydrogen) atoms. The zero-order valence-corrected chi connectivity index (χ0v) is 12.0. The van der Waals surface area contributed by atoms with Crippen molar-refractivity contribution in [3.63, 3.8) is 0 Å². The maximum atomic E-state index is 12.0. The number of carbonyl (C=O) groups excluding carboxylic acids is 1. The summed E-state index contributed by atoms with van der Waals surface area (Å²) in [6.07, 6.45) is 1.60. The SMILES string of the molecule is COc1ccccc1C[C@@H](NC(=O)c1ccccn1)C(=O)O. The number of ether oxygens (including phenoxy) is 1. The highest BCUT2D eigenvalue weighted by atomic mass is 16.5. The molecule has 0 radical (unpaired) electrons. The Labute approximate surface area is 127 Å². The van der Waals surface area contributed by atoms with E-state index in [1.165, 1.54) is 19.4 Å². The van der Waals surface area contributed by atoms with E-state index < -0.39 is 17.9 Å². The first kappa shape index (κ1) is 15.5. The summed E-state index contributed by atoms with van der Waals surface area (Å²) in [5.74, 6) is -1.06. The van der Waals surface area contributed by atoms with E-state index in [9.17, 15) is 14.7 Å². The van der Waals surface area contributed by atoms with Crippen LogP contribution in [0, 0.1) is 0 Å². The lowest BCUT2D eigenvalue weighted by Gasteiger charge is -2.16. The number of hydrogen-bond donors (Lipinski definition) is 2. The molecule has 0 saturated heterocycles. The van der Waals surface area contributed by atoms with E-state index in [0.29, 0.717) is 11.3 Å². The molecule has 1 amide bonds. The first-order valence-electron chi connectivity index (χ1n) is 6.68. The van der Waals surface area contributed by atoms with Gasteiger partial charge >= 0.3 is 5.97 Å². The Morgan fingerprint density at radius 3 is 2.59 bits per heavy atom. The van der Waals surface area contributed by atoms with Crippen molar-refractivity contribution in [1.29, 1.82) is 0 Å². The number of carboxylic acid groups (broad SMARTS) is 1. The number of para-hydroxylation sites is 1. The van der Waals surface area contributed by atoms with Crippen LogP contribution < -0.4 is 10.1 Å². The molecule has 1 aromatic carbocycles. The summed E-state index contributed by atoms with van der Waals surface area (Å²) in [5, 5.41) is 11.8. The zero-order valence-electron chi connectivity index (χ0n) is 12.0. The topological polar surface area (TPSA) is 88.5 Å². The van der Waals surface area contributed by atoms with E-state index in [1.54, 1.807) is 36.4 Å². The molecule has 1 atom stereocenters. The molecular weight excluding hydrogens is 284 g/mol. The highest BCUT2D eigenvalue weighted by Crippen LogP contribution is 2.19. The van der Waals surface area contributed by atoms with Gasteiger partial charge < -0.3 is 15.2 Å². The predicted octanol–water partition coefficient (Wildman–Crippen LogP) is 1.52. The van der Waals surface area contributed by atoms with Crippen LogP contribution in [0.1, 0.15) is 16.1 Å². The van der Waals surface area contributed by atoms with E-state index >= 15 is 0 Å². The third-order valence-electron chi connectivity index (χ3n) is 3.12. The molecule has 0 saturated carbocycles. The normalized spacial score (nSPS) is 11.5. The van der Waals surface area contributed by atoms with Crippen molar-refractivity contribution < 1.29 is 19.4 Å². The molecule has 0 aliphatic rings. The summed E-state index contributed by atoms with van der Waals surface area (Å²) in [4.78, 5) is 27.3. The van der Waals surface area contributed by atoms with Gasteiger partial charge in [-0.1, -0.05) is 24.3 Å². The minimum absolute atomic E-state index is 0.123. The van der Waals surface area contributed by atoms with E-state index in [0.717, 1.165) is 0 Å². The molecule has 0 aliphatic heterocycles. The van der Waals surface area contributed by atoms with Crippen molar-refractivity contribution >= 4 is 11.9 Å². The van der Waals surface area contributed by atoms with Gasteiger partial charge in [-0.15, -0.1) is 0 Å². The van der Waals surface area contributed by atoms with Crippen LogP contribution >= 0.6 is 0 Å². The summed E-state index contributed by atoms with van der Waals surface area (Å²) in [6.45, 7) is 0. The molecule has 6 nitrogen and oxygen atoms in total.